The molecule has 0 spiro atoms. The van der Waals surface area contributed by atoms with Crippen molar-refractivity contribution in [3.05, 3.63) is 17.9 Å². The number of anilines is 1. The fraction of sp³-hybridized carbons (Fsp3) is 0.615. The number of carbonyl (C=O) groups is 1. The molecule has 1 aromatic heterocycles. The molecule has 4 nitrogen and oxygen atoms in total. The molecule has 0 aromatic carbocycles. The van der Waals surface area contributed by atoms with Gasteiger partial charge in [-0.05, 0) is 17.9 Å². The molecule has 4 heteroatoms. The number of furan rings is 1. The largest absolute Gasteiger partial charge is 0.475 e. The highest BCUT2D eigenvalue weighted by Crippen LogP contribution is 2.21. The van der Waals surface area contributed by atoms with Crippen molar-refractivity contribution in [3.8, 4) is 0 Å². The summed E-state index contributed by atoms with van der Waals surface area (Å²) in [5.41, 5.74) is 0. The lowest BCUT2D eigenvalue weighted by atomic mass is 10.1. The number of hydrogen-bond donors (Lipinski definition) is 1. The van der Waals surface area contributed by atoms with Crippen LogP contribution in [0.2, 0.25) is 0 Å². The fourth-order valence-electron chi connectivity index (χ4n) is 1.75. The van der Waals surface area contributed by atoms with Crippen molar-refractivity contribution in [1.29, 1.82) is 0 Å². The maximum Gasteiger partial charge on any atom is 0.371 e. The van der Waals surface area contributed by atoms with Crippen LogP contribution >= 0.6 is 0 Å². The SMILES string of the molecule is CC(C)CN(CC(C)C)c1ccc(C(=O)O)o1. The van der Waals surface area contributed by atoms with E-state index in [9.17, 15) is 4.79 Å². The van der Waals surface area contributed by atoms with Crippen molar-refractivity contribution in [3.63, 3.8) is 0 Å². The summed E-state index contributed by atoms with van der Waals surface area (Å²) in [6.07, 6.45) is 0. The van der Waals surface area contributed by atoms with Gasteiger partial charge in [0.15, 0.2) is 5.88 Å². The van der Waals surface area contributed by atoms with E-state index in [1.54, 1.807) is 6.07 Å². The lowest BCUT2D eigenvalue weighted by Crippen LogP contribution is -2.30. The topological polar surface area (TPSA) is 53.7 Å². The maximum absolute atomic E-state index is 10.8. The summed E-state index contributed by atoms with van der Waals surface area (Å²) in [5, 5.41) is 8.83. The molecule has 0 fully saturated rings. The minimum atomic E-state index is -1.02. The van der Waals surface area contributed by atoms with Crippen LogP contribution in [0.4, 0.5) is 5.88 Å². The zero-order valence-electron chi connectivity index (χ0n) is 10.9. The number of rotatable bonds is 6. The second kappa shape index (κ2) is 5.75. The molecular weight excluding hydrogens is 218 g/mol. The monoisotopic (exact) mass is 239 g/mol. The molecule has 0 bridgehead atoms. The van der Waals surface area contributed by atoms with Gasteiger partial charge in [0, 0.05) is 19.2 Å². The van der Waals surface area contributed by atoms with E-state index in [-0.39, 0.29) is 5.76 Å². The second-order valence-corrected chi connectivity index (χ2v) is 5.14. The average molecular weight is 239 g/mol. The van der Waals surface area contributed by atoms with Gasteiger partial charge >= 0.3 is 5.97 Å². The molecule has 0 saturated heterocycles. The van der Waals surface area contributed by atoms with Gasteiger partial charge in [-0.1, -0.05) is 27.7 Å². The minimum absolute atomic E-state index is 0.00230. The van der Waals surface area contributed by atoms with E-state index in [0.717, 1.165) is 13.1 Å². The molecule has 0 aliphatic heterocycles. The summed E-state index contributed by atoms with van der Waals surface area (Å²) in [4.78, 5) is 12.9. The summed E-state index contributed by atoms with van der Waals surface area (Å²) in [6, 6.07) is 3.24. The van der Waals surface area contributed by atoms with Crippen molar-refractivity contribution in [2.24, 2.45) is 11.8 Å². The first-order chi connectivity index (χ1) is 7.90. The molecule has 0 radical (unpaired) electrons. The third-order valence-electron chi connectivity index (χ3n) is 2.29. The Kier molecular flexibility index (Phi) is 4.61. The van der Waals surface area contributed by atoms with Crippen LogP contribution in [0.25, 0.3) is 0 Å². The van der Waals surface area contributed by atoms with Crippen molar-refractivity contribution in [2.45, 2.75) is 27.7 Å². The van der Waals surface area contributed by atoms with Crippen LogP contribution < -0.4 is 4.90 Å². The van der Waals surface area contributed by atoms with Gasteiger partial charge in [0.05, 0.1) is 0 Å². The highest BCUT2D eigenvalue weighted by molar-refractivity contribution is 5.84. The van der Waals surface area contributed by atoms with Crippen molar-refractivity contribution < 1.29 is 14.3 Å². The summed E-state index contributed by atoms with van der Waals surface area (Å²) < 4.78 is 5.34. The van der Waals surface area contributed by atoms with Crippen molar-refractivity contribution >= 4 is 11.9 Å². The van der Waals surface area contributed by atoms with Gasteiger partial charge in [0.1, 0.15) is 0 Å². The standard InChI is InChI=1S/C13H21NO3/c1-9(2)7-14(8-10(3)4)12-6-5-11(17-12)13(15)16/h5-6,9-10H,7-8H2,1-4H3,(H,15,16). The lowest BCUT2D eigenvalue weighted by molar-refractivity contribution is 0.0663. The van der Waals surface area contributed by atoms with E-state index in [0.29, 0.717) is 17.7 Å². The number of hydrogen-bond acceptors (Lipinski definition) is 3. The Morgan fingerprint density at radius 2 is 1.76 bits per heavy atom. The van der Waals surface area contributed by atoms with Crippen molar-refractivity contribution in [2.75, 3.05) is 18.0 Å². The van der Waals surface area contributed by atoms with Crippen LogP contribution in [0, 0.1) is 11.8 Å². The maximum atomic E-state index is 10.8. The molecule has 1 heterocycles. The zero-order valence-corrected chi connectivity index (χ0v) is 10.9. The molecule has 1 rings (SSSR count). The van der Waals surface area contributed by atoms with E-state index >= 15 is 0 Å². The quantitative estimate of drug-likeness (QED) is 0.828. The Morgan fingerprint density at radius 1 is 1.24 bits per heavy atom. The molecule has 0 amide bonds. The van der Waals surface area contributed by atoms with Crippen LogP contribution in [0.5, 0.6) is 0 Å². The van der Waals surface area contributed by atoms with Crippen LogP contribution in [0.1, 0.15) is 38.2 Å². The molecule has 0 unspecified atom stereocenters. The first-order valence-corrected chi connectivity index (χ1v) is 5.98. The lowest BCUT2D eigenvalue weighted by Gasteiger charge is -2.25. The van der Waals surface area contributed by atoms with E-state index in [2.05, 4.69) is 32.6 Å². The van der Waals surface area contributed by atoms with Gasteiger partial charge in [0.25, 0.3) is 0 Å². The molecule has 0 atom stereocenters. The third-order valence-corrected chi connectivity index (χ3v) is 2.29. The molecule has 17 heavy (non-hydrogen) atoms. The van der Waals surface area contributed by atoms with Crippen LogP contribution in [0.3, 0.4) is 0 Å². The number of nitrogens with zero attached hydrogens (tertiary/aromatic N) is 1. The molecular formula is C13H21NO3. The molecule has 0 saturated carbocycles. The predicted octanol–water partition coefficient (Wildman–Crippen LogP) is 3.10. The zero-order chi connectivity index (χ0) is 13.0. The molecule has 0 aliphatic rings. The summed E-state index contributed by atoms with van der Waals surface area (Å²) in [6.45, 7) is 10.3. The van der Waals surface area contributed by atoms with E-state index in [4.69, 9.17) is 9.52 Å². The predicted molar refractivity (Wildman–Crippen MR) is 67.6 cm³/mol. The minimum Gasteiger partial charge on any atom is -0.475 e. The molecule has 0 aliphatic carbocycles. The Morgan fingerprint density at radius 3 is 2.12 bits per heavy atom. The van der Waals surface area contributed by atoms with Gasteiger partial charge in [-0.25, -0.2) is 4.79 Å². The summed E-state index contributed by atoms with van der Waals surface area (Å²) in [7, 11) is 0. The first kappa shape index (κ1) is 13.6. The normalized spacial score (nSPS) is 11.2. The van der Waals surface area contributed by atoms with E-state index in [1.165, 1.54) is 6.07 Å². The third kappa shape index (κ3) is 4.13. The van der Waals surface area contributed by atoms with Gasteiger partial charge in [-0.3, -0.25) is 0 Å². The van der Waals surface area contributed by atoms with E-state index < -0.39 is 5.97 Å². The number of carboxylic acids is 1. The second-order valence-electron chi connectivity index (χ2n) is 5.14. The smallest absolute Gasteiger partial charge is 0.371 e. The Labute approximate surface area is 102 Å². The number of aromatic carboxylic acids is 1. The Balaban J connectivity index is 2.83. The van der Waals surface area contributed by atoms with Crippen LogP contribution in [-0.2, 0) is 0 Å². The Bertz CT molecular complexity index is 358. The van der Waals surface area contributed by atoms with Gasteiger partial charge in [-0.15, -0.1) is 0 Å². The van der Waals surface area contributed by atoms with Gasteiger partial charge < -0.3 is 14.4 Å². The summed E-state index contributed by atoms with van der Waals surface area (Å²) >= 11 is 0. The Hall–Kier alpha value is -1.45. The first-order valence-electron chi connectivity index (χ1n) is 5.98. The highest BCUT2D eigenvalue weighted by atomic mass is 16.4. The number of carboxylic acid groups (broad SMARTS) is 1. The molecule has 1 N–H and O–H groups in total. The van der Waals surface area contributed by atoms with E-state index in [1.807, 2.05) is 0 Å². The van der Waals surface area contributed by atoms with Crippen LogP contribution in [0.15, 0.2) is 16.5 Å². The van der Waals surface area contributed by atoms with Gasteiger partial charge in [0.2, 0.25) is 5.76 Å². The fourth-order valence-corrected chi connectivity index (χ4v) is 1.75. The average Bonchev–Trinajstić information content (AvgIpc) is 2.63. The van der Waals surface area contributed by atoms with Crippen molar-refractivity contribution in [1.82, 2.24) is 0 Å². The van der Waals surface area contributed by atoms with Crippen LogP contribution in [-0.4, -0.2) is 24.2 Å². The molecule has 1 aromatic rings. The highest BCUT2D eigenvalue weighted by Gasteiger charge is 2.16. The molecule has 96 valence electrons. The summed E-state index contributed by atoms with van der Waals surface area (Å²) in [5.74, 6) is 0.631. The van der Waals surface area contributed by atoms with Gasteiger partial charge in [-0.2, -0.15) is 0 Å².